The number of amides is 1. The summed E-state index contributed by atoms with van der Waals surface area (Å²) in [4.78, 5) is 27.6. The number of hydrogen-bond acceptors (Lipinski definition) is 4. The van der Waals surface area contributed by atoms with Crippen molar-refractivity contribution in [3.8, 4) is 11.1 Å². The Balaban J connectivity index is 0.00000341. The van der Waals surface area contributed by atoms with Crippen LogP contribution in [0, 0.1) is 0 Å². The summed E-state index contributed by atoms with van der Waals surface area (Å²) in [5.41, 5.74) is 15.0. The van der Waals surface area contributed by atoms with E-state index in [2.05, 4.69) is 22.4 Å². The number of nitrogens with zero attached hydrogens (tertiary/aromatic N) is 1. The lowest BCUT2D eigenvalue weighted by atomic mass is 9.98. The van der Waals surface area contributed by atoms with E-state index in [1.54, 1.807) is 0 Å². The van der Waals surface area contributed by atoms with Crippen LogP contribution in [0.5, 0.6) is 0 Å². The maximum atomic E-state index is 12.3. The lowest BCUT2D eigenvalue weighted by Gasteiger charge is -2.17. The molecule has 1 aliphatic rings. The van der Waals surface area contributed by atoms with Crippen molar-refractivity contribution in [2.45, 2.75) is 31.2 Å². The highest BCUT2D eigenvalue weighted by atomic mass is 35.5. The zero-order chi connectivity index (χ0) is 21.5. The number of alkyl carbamates (subject to hydrolysis) is 1. The third-order valence-electron chi connectivity index (χ3n) is 5.13. The van der Waals surface area contributed by atoms with Gasteiger partial charge < -0.3 is 26.6 Å². The second-order valence-electron chi connectivity index (χ2n) is 7.16. The molecule has 166 valence electrons. The van der Waals surface area contributed by atoms with Crippen molar-refractivity contribution in [2.24, 2.45) is 16.5 Å². The number of fused-ring (bicyclic) bond motifs is 3. The first-order valence-electron chi connectivity index (χ1n) is 9.87. The van der Waals surface area contributed by atoms with E-state index in [9.17, 15) is 14.7 Å². The van der Waals surface area contributed by atoms with Gasteiger partial charge in [-0.3, -0.25) is 4.99 Å². The van der Waals surface area contributed by atoms with E-state index in [-0.39, 0.29) is 37.3 Å². The van der Waals surface area contributed by atoms with Crippen LogP contribution in [0.1, 0.15) is 36.3 Å². The minimum Gasteiger partial charge on any atom is -0.480 e. The topological polar surface area (TPSA) is 140 Å². The summed E-state index contributed by atoms with van der Waals surface area (Å²) in [6, 6.07) is 15.0. The van der Waals surface area contributed by atoms with E-state index < -0.39 is 18.1 Å². The molecule has 0 bridgehead atoms. The van der Waals surface area contributed by atoms with E-state index in [4.69, 9.17) is 16.2 Å². The number of carbonyl (C=O) groups excluding carboxylic acids is 1. The second kappa shape index (κ2) is 11.2. The Kier molecular flexibility index (Phi) is 8.69. The molecule has 31 heavy (non-hydrogen) atoms. The van der Waals surface area contributed by atoms with Gasteiger partial charge in [-0.2, -0.15) is 0 Å². The quantitative estimate of drug-likeness (QED) is 0.265. The molecule has 0 saturated carbocycles. The van der Waals surface area contributed by atoms with Gasteiger partial charge in [0.15, 0.2) is 5.96 Å². The van der Waals surface area contributed by atoms with E-state index in [1.165, 1.54) is 0 Å². The Bertz CT molecular complexity index is 901. The molecule has 2 aromatic carbocycles. The molecule has 0 aromatic heterocycles. The van der Waals surface area contributed by atoms with Gasteiger partial charge in [-0.25, -0.2) is 9.59 Å². The maximum Gasteiger partial charge on any atom is 0.407 e. The predicted molar refractivity (Wildman–Crippen MR) is 121 cm³/mol. The zero-order valence-corrected chi connectivity index (χ0v) is 17.8. The molecule has 0 radical (unpaired) electrons. The normalized spacial score (nSPS) is 12.6. The standard InChI is InChI=1S/C22H26N4O4.ClH/c23-21(24)25-12-6-5-11-19(20(27)28)26-22(29)30-13-18-16-9-3-1-7-14(16)15-8-2-4-10-17(15)18;/h1-4,7-10,18-19H,5-6,11-13H2,(H,26,29)(H,27,28)(H4,23,24,25);1H/t19-;/m0./s1. The Labute approximate surface area is 187 Å². The minimum atomic E-state index is -1.11. The lowest BCUT2D eigenvalue weighted by molar-refractivity contribution is -0.139. The van der Waals surface area contributed by atoms with Crippen molar-refractivity contribution in [2.75, 3.05) is 13.2 Å². The van der Waals surface area contributed by atoms with Crippen molar-refractivity contribution in [3.05, 3.63) is 59.7 Å². The molecule has 9 heteroatoms. The van der Waals surface area contributed by atoms with Crippen LogP contribution in [0.15, 0.2) is 53.5 Å². The number of benzene rings is 2. The second-order valence-corrected chi connectivity index (χ2v) is 7.16. The van der Waals surface area contributed by atoms with Crippen LogP contribution in [-0.2, 0) is 9.53 Å². The molecule has 0 fully saturated rings. The van der Waals surface area contributed by atoms with Crippen LogP contribution in [-0.4, -0.2) is 42.3 Å². The zero-order valence-electron chi connectivity index (χ0n) is 17.0. The highest BCUT2D eigenvalue weighted by molar-refractivity contribution is 5.85. The van der Waals surface area contributed by atoms with Crippen LogP contribution >= 0.6 is 12.4 Å². The van der Waals surface area contributed by atoms with E-state index >= 15 is 0 Å². The van der Waals surface area contributed by atoms with Gasteiger partial charge in [0.1, 0.15) is 12.6 Å². The molecule has 1 atom stereocenters. The summed E-state index contributed by atoms with van der Waals surface area (Å²) in [5, 5.41) is 11.8. The van der Waals surface area contributed by atoms with Crippen LogP contribution < -0.4 is 16.8 Å². The Morgan fingerprint density at radius 2 is 1.61 bits per heavy atom. The van der Waals surface area contributed by atoms with E-state index in [0.29, 0.717) is 19.4 Å². The van der Waals surface area contributed by atoms with Gasteiger partial charge in [0, 0.05) is 12.5 Å². The van der Waals surface area contributed by atoms with E-state index in [1.807, 2.05) is 36.4 Å². The number of nitrogens with one attached hydrogen (secondary N) is 1. The predicted octanol–water partition coefficient (Wildman–Crippen LogP) is 2.84. The van der Waals surface area contributed by atoms with Gasteiger partial charge in [-0.1, -0.05) is 48.5 Å². The largest absolute Gasteiger partial charge is 0.480 e. The van der Waals surface area contributed by atoms with Crippen molar-refractivity contribution >= 4 is 30.4 Å². The number of guanidine groups is 1. The fraction of sp³-hybridized carbons (Fsp3) is 0.318. The van der Waals surface area contributed by atoms with Crippen LogP contribution in [0.25, 0.3) is 11.1 Å². The first kappa shape index (κ1) is 24.0. The van der Waals surface area contributed by atoms with Crippen molar-refractivity contribution in [3.63, 3.8) is 0 Å². The van der Waals surface area contributed by atoms with Gasteiger partial charge in [-0.15, -0.1) is 12.4 Å². The molecule has 2 aromatic rings. The molecule has 0 saturated heterocycles. The fourth-order valence-electron chi connectivity index (χ4n) is 3.71. The number of halogens is 1. The Morgan fingerprint density at radius 3 is 2.16 bits per heavy atom. The molecule has 3 rings (SSSR count). The number of nitrogens with two attached hydrogens (primary N) is 2. The average Bonchev–Trinajstić information content (AvgIpc) is 3.04. The number of aliphatic imine (C=N–C) groups is 1. The Hall–Kier alpha value is -3.26. The molecular weight excluding hydrogens is 420 g/mol. The van der Waals surface area contributed by atoms with Crippen molar-refractivity contribution in [1.82, 2.24) is 5.32 Å². The molecule has 0 heterocycles. The number of rotatable bonds is 9. The molecule has 6 N–H and O–H groups in total. The number of carboxylic acids is 1. The SMILES string of the molecule is Cl.NC(N)=NCCCC[C@H](NC(=O)OCC1c2ccccc2-c2ccccc21)C(=O)O. The van der Waals surface area contributed by atoms with Gasteiger partial charge in [0.25, 0.3) is 0 Å². The first-order chi connectivity index (χ1) is 14.5. The average molecular weight is 447 g/mol. The smallest absolute Gasteiger partial charge is 0.407 e. The van der Waals surface area contributed by atoms with Crippen LogP contribution in [0.4, 0.5) is 4.79 Å². The molecule has 0 spiro atoms. The fourth-order valence-corrected chi connectivity index (χ4v) is 3.71. The number of aliphatic carboxylic acids is 1. The summed E-state index contributed by atoms with van der Waals surface area (Å²) in [7, 11) is 0. The van der Waals surface area contributed by atoms with Crippen LogP contribution in [0.2, 0.25) is 0 Å². The highest BCUT2D eigenvalue weighted by Crippen LogP contribution is 2.44. The molecule has 1 aliphatic carbocycles. The number of unbranched alkanes of at least 4 members (excludes halogenated alkanes) is 1. The van der Waals surface area contributed by atoms with Gasteiger partial charge >= 0.3 is 12.1 Å². The minimum absolute atomic E-state index is 0. The lowest BCUT2D eigenvalue weighted by Crippen LogP contribution is -2.41. The summed E-state index contributed by atoms with van der Waals surface area (Å²) in [6.45, 7) is 0.552. The number of carboxylic acid groups (broad SMARTS) is 1. The van der Waals surface area contributed by atoms with Gasteiger partial charge in [-0.05, 0) is 41.5 Å². The van der Waals surface area contributed by atoms with Crippen LogP contribution in [0.3, 0.4) is 0 Å². The van der Waals surface area contributed by atoms with Gasteiger partial charge in [0.05, 0.1) is 0 Å². The summed E-state index contributed by atoms with van der Waals surface area (Å²) >= 11 is 0. The summed E-state index contributed by atoms with van der Waals surface area (Å²) in [5.74, 6) is -1.18. The third-order valence-corrected chi connectivity index (χ3v) is 5.13. The third kappa shape index (κ3) is 6.11. The molecule has 8 nitrogen and oxygen atoms in total. The molecular formula is C22H27ClN4O4. The number of hydrogen-bond donors (Lipinski definition) is 4. The van der Waals surface area contributed by atoms with Crippen molar-refractivity contribution < 1.29 is 19.4 Å². The number of carbonyl (C=O) groups is 2. The van der Waals surface area contributed by atoms with Gasteiger partial charge in [0.2, 0.25) is 0 Å². The first-order valence-corrected chi connectivity index (χ1v) is 9.87. The maximum absolute atomic E-state index is 12.3. The Morgan fingerprint density at radius 1 is 1.03 bits per heavy atom. The van der Waals surface area contributed by atoms with Crippen molar-refractivity contribution in [1.29, 1.82) is 0 Å². The molecule has 0 unspecified atom stereocenters. The summed E-state index contributed by atoms with van der Waals surface area (Å²) < 4.78 is 5.41. The molecule has 1 amide bonds. The summed E-state index contributed by atoms with van der Waals surface area (Å²) in [6.07, 6.45) is 0.693. The van der Waals surface area contributed by atoms with E-state index in [0.717, 1.165) is 22.3 Å². The molecule has 0 aliphatic heterocycles. The monoisotopic (exact) mass is 446 g/mol. The highest BCUT2D eigenvalue weighted by Gasteiger charge is 2.29. The number of ether oxygens (including phenoxy) is 1.